The van der Waals surface area contributed by atoms with Gasteiger partial charge in [-0.3, -0.25) is 14.4 Å². The van der Waals surface area contributed by atoms with Crippen LogP contribution >= 0.6 is 0 Å². The number of carbonyl (C=O) groups excluding carboxylic acids is 3. The molecule has 0 saturated carbocycles. The van der Waals surface area contributed by atoms with Crippen LogP contribution in [0.5, 0.6) is 0 Å². The summed E-state index contributed by atoms with van der Waals surface area (Å²) in [5.41, 5.74) is 3.85. The summed E-state index contributed by atoms with van der Waals surface area (Å²) >= 11 is 0. The summed E-state index contributed by atoms with van der Waals surface area (Å²) in [5.74, 6) is -0.684. The molecule has 3 amide bonds. The average Bonchev–Trinajstić information content (AvgIpc) is 3.26. The lowest BCUT2D eigenvalue weighted by atomic mass is 9.87. The van der Waals surface area contributed by atoms with Gasteiger partial charge in [0.2, 0.25) is 11.8 Å². The molecule has 1 heterocycles. The monoisotopic (exact) mass is 435 g/mol. The fourth-order valence-corrected chi connectivity index (χ4v) is 3.83. The number of benzene rings is 2. The third-order valence-electron chi connectivity index (χ3n) is 5.88. The third-order valence-corrected chi connectivity index (χ3v) is 5.88. The summed E-state index contributed by atoms with van der Waals surface area (Å²) in [5, 5.41) is 5.63. The number of amides is 3. The fourth-order valence-electron chi connectivity index (χ4n) is 3.83. The molecule has 0 radical (unpaired) electrons. The highest BCUT2D eigenvalue weighted by Gasteiger charge is 2.33. The van der Waals surface area contributed by atoms with Crippen molar-refractivity contribution in [3.8, 4) is 0 Å². The zero-order chi connectivity index (χ0) is 23.3. The van der Waals surface area contributed by atoms with Gasteiger partial charge in [-0.05, 0) is 48.4 Å². The average molecular weight is 436 g/mol. The minimum absolute atomic E-state index is 0.00969. The summed E-state index contributed by atoms with van der Waals surface area (Å²) in [6.07, 6.45) is 1.41. The molecule has 1 unspecified atom stereocenters. The highest BCUT2D eigenvalue weighted by molar-refractivity contribution is 5.97. The predicted molar refractivity (Wildman–Crippen MR) is 125 cm³/mol. The molecule has 1 fully saturated rings. The number of carbonyl (C=O) groups is 3. The van der Waals surface area contributed by atoms with Crippen LogP contribution in [-0.2, 0) is 21.5 Å². The molecule has 2 aromatic carbocycles. The van der Waals surface area contributed by atoms with Crippen LogP contribution in [0.1, 0.15) is 60.7 Å². The van der Waals surface area contributed by atoms with Gasteiger partial charge in [0.1, 0.15) is 6.04 Å². The van der Waals surface area contributed by atoms with Gasteiger partial charge in [-0.2, -0.15) is 0 Å². The van der Waals surface area contributed by atoms with Crippen LogP contribution in [0.3, 0.4) is 0 Å². The highest BCUT2D eigenvalue weighted by Crippen LogP contribution is 2.22. The van der Waals surface area contributed by atoms with Crippen LogP contribution in [0, 0.1) is 6.92 Å². The molecule has 1 aliphatic rings. The molecule has 1 saturated heterocycles. The summed E-state index contributed by atoms with van der Waals surface area (Å²) < 4.78 is 0. The number of nitrogens with one attached hydrogen (secondary N) is 2. The largest absolute Gasteiger partial charge is 0.350 e. The Morgan fingerprint density at radius 1 is 0.969 bits per heavy atom. The lowest BCUT2D eigenvalue weighted by Gasteiger charge is -2.24. The van der Waals surface area contributed by atoms with E-state index in [1.807, 2.05) is 43.3 Å². The van der Waals surface area contributed by atoms with E-state index in [2.05, 4.69) is 31.4 Å². The van der Waals surface area contributed by atoms with E-state index in [1.54, 1.807) is 17.0 Å². The molecule has 6 heteroatoms. The Balaban J connectivity index is 1.51. The van der Waals surface area contributed by atoms with Crippen molar-refractivity contribution in [2.24, 2.45) is 0 Å². The maximum Gasteiger partial charge on any atom is 0.251 e. The first kappa shape index (κ1) is 23.5. The van der Waals surface area contributed by atoms with Gasteiger partial charge in [-0.25, -0.2) is 0 Å². The Kier molecular flexibility index (Phi) is 7.33. The number of nitrogens with zero attached hydrogens (tertiary/aromatic N) is 1. The predicted octanol–water partition coefficient (Wildman–Crippen LogP) is 3.33. The van der Waals surface area contributed by atoms with Crippen LogP contribution in [0.15, 0.2) is 48.5 Å². The number of hydrogen-bond acceptors (Lipinski definition) is 3. The SMILES string of the molecule is Cc1ccc(CNC(=O)C2CCCN2C(=O)CNC(=O)c2ccc(C(C)(C)C)cc2)cc1. The van der Waals surface area contributed by atoms with E-state index >= 15 is 0 Å². The van der Waals surface area contributed by atoms with Crippen molar-refractivity contribution >= 4 is 17.7 Å². The standard InChI is InChI=1S/C26H33N3O3/c1-18-7-9-19(10-8-18)16-27-25(32)22-6-5-15-29(22)23(30)17-28-24(31)20-11-13-21(14-12-20)26(2,3)4/h7-14,22H,5-6,15-17H2,1-4H3,(H,27,32)(H,28,31). The van der Waals surface area contributed by atoms with Crippen molar-refractivity contribution in [2.45, 2.75) is 58.5 Å². The molecule has 32 heavy (non-hydrogen) atoms. The quantitative estimate of drug-likeness (QED) is 0.731. The number of aryl methyl sites for hydroxylation is 1. The molecule has 0 aliphatic carbocycles. The van der Waals surface area contributed by atoms with Gasteiger partial charge in [0.15, 0.2) is 0 Å². The highest BCUT2D eigenvalue weighted by atomic mass is 16.2. The number of likely N-dealkylation sites (tertiary alicyclic amines) is 1. The second kappa shape index (κ2) is 9.98. The molecule has 1 atom stereocenters. The molecule has 170 valence electrons. The first-order chi connectivity index (χ1) is 15.1. The Morgan fingerprint density at radius 3 is 2.25 bits per heavy atom. The molecule has 0 bridgehead atoms. The normalized spacial score (nSPS) is 16.0. The van der Waals surface area contributed by atoms with Crippen molar-refractivity contribution in [3.63, 3.8) is 0 Å². The third kappa shape index (κ3) is 5.96. The summed E-state index contributed by atoms with van der Waals surface area (Å²) in [7, 11) is 0. The van der Waals surface area contributed by atoms with Crippen molar-refractivity contribution in [2.75, 3.05) is 13.1 Å². The van der Waals surface area contributed by atoms with E-state index in [-0.39, 0.29) is 29.7 Å². The number of hydrogen-bond donors (Lipinski definition) is 2. The molecule has 0 spiro atoms. The Hall–Kier alpha value is -3.15. The van der Waals surface area contributed by atoms with E-state index < -0.39 is 6.04 Å². The van der Waals surface area contributed by atoms with Gasteiger partial charge in [0.25, 0.3) is 5.91 Å². The second-order valence-corrected chi connectivity index (χ2v) is 9.46. The Morgan fingerprint density at radius 2 is 1.62 bits per heavy atom. The summed E-state index contributed by atoms with van der Waals surface area (Å²) in [6, 6.07) is 14.9. The first-order valence-electron chi connectivity index (χ1n) is 11.2. The van der Waals surface area contributed by atoms with Crippen molar-refractivity contribution in [3.05, 3.63) is 70.8 Å². The van der Waals surface area contributed by atoms with Crippen LogP contribution in [-0.4, -0.2) is 41.8 Å². The van der Waals surface area contributed by atoms with Gasteiger partial charge in [-0.1, -0.05) is 62.7 Å². The molecule has 1 aliphatic heterocycles. The molecular weight excluding hydrogens is 402 g/mol. The van der Waals surface area contributed by atoms with Crippen LogP contribution in [0.25, 0.3) is 0 Å². The summed E-state index contributed by atoms with van der Waals surface area (Å²) in [6.45, 7) is 9.20. The van der Waals surface area contributed by atoms with Gasteiger partial charge in [-0.15, -0.1) is 0 Å². The Bertz CT molecular complexity index is 959. The van der Waals surface area contributed by atoms with Crippen molar-refractivity contribution in [1.29, 1.82) is 0 Å². The zero-order valence-corrected chi connectivity index (χ0v) is 19.4. The van der Waals surface area contributed by atoms with Gasteiger partial charge < -0.3 is 15.5 Å². The van der Waals surface area contributed by atoms with E-state index in [1.165, 1.54) is 5.56 Å². The van der Waals surface area contributed by atoms with E-state index in [0.717, 1.165) is 17.5 Å². The lowest BCUT2D eigenvalue weighted by molar-refractivity contribution is -0.137. The molecule has 2 aromatic rings. The van der Waals surface area contributed by atoms with Gasteiger partial charge in [0.05, 0.1) is 6.54 Å². The fraction of sp³-hybridized carbons (Fsp3) is 0.423. The minimum atomic E-state index is -0.490. The maximum absolute atomic E-state index is 12.7. The van der Waals surface area contributed by atoms with Gasteiger partial charge in [0, 0.05) is 18.7 Å². The zero-order valence-electron chi connectivity index (χ0n) is 19.4. The Labute approximate surface area is 190 Å². The topological polar surface area (TPSA) is 78.5 Å². The first-order valence-corrected chi connectivity index (χ1v) is 11.2. The number of rotatable bonds is 6. The van der Waals surface area contributed by atoms with Crippen LogP contribution in [0.2, 0.25) is 0 Å². The second-order valence-electron chi connectivity index (χ2n) is 9.46. The van der Waals surface area contributed by atoms with Gasteiger partial charge >= 0.3 is 0 Å². The van der Waals surface area contributed by atoms with Crippen LogP contribution < -0.4 is 10.6 Å². The molecule has 3 rings (SSSR count). The maximum atomic E-state index is 12.7. The smallest absolute Gasteiger partial charge is 0.251 e. The van der Waals surface area contributed by atoms with E-state index in [9.17, 15) is 14.4 Å². The lowest BCUT2D eigenvalue weighted by Crippen LogP contribution is -2.48. The minimum Gasteiger partial charge on any atom is -0.350 e. The molecule has 2 N–H and O–H groups in total. The van der Waals surface area contributed by atoms with Crippen molar-refractivity contribution < 1.29 is 14.4 Å². The molecule has 6 nitrogen and oxygen atoms in total. The van der Waals surface area contributed by atoms with Crippen LogP contribution in [0.4, 0.5) is 0 Å². The van der Waals surface area contributed by atoms with Crippen molar-refractivity contribution in [1.82, 2.24) is 15.5 Å². The van der Waals surface area contributed by atoms with E-state index in [0.29, 0.717) is 25.1 Å². The molecule has 0 aromatic heterocycles. The molecular formula is C26H33N3O3. The summed E-state index contributed by atoms with van der Waals surface area (Å²) in [4.78, 5) is 39.4. The van der Waals surface area contributed by atoms with E-state index in [4.69, 9.17) is 0 Å².